The highest BCUT2D eigenvalue weighted by Gasteiger charge is 2.37. The van der Waals surface area contributed by atoms with Gasteiger partial charge in [-0.2, -0.15) is 8.78 Å². The molecule has 0 aliphatic rings. The van der Waals surface area contributed by atoms with Crippen LogP contribution >= 0.6 is 0 Å². The molecule has 4 heteroatoms. The van der Waals surface area contributed by atoms with Crippen LogP contribution in [0.2, 0.25) is 0 Å². The molecule has 19 heavy (non-hydrogen) atoms. The first-order chi connectivity index (χ1) is 8.88. The zero-order chi connectivity index (χ0) is 14.0. The molecule has 2 aromatic carbocycles. The predicted molar refractivity (Wildman–Crippen MR) is 66.8 cm³/mol. The van der Waals surface area contributed by atoms with Gasteiger partial charge in [0.25, 0.3) is 0 Å². The smallest absolute Gasteiger partial charge is 0.429 e. The minimum Gasteiger partial charge on any atom is -0.429 e. The Balaban J connectivity index is 2.29. The molecule has 0 aliphatic carbocycles. The topological polar surface area (TPSA) is 9.23 Å². The van der Waals surface area contributed by atoms with E-state index in [0.717, 1.165) is 17.7 Å². The maximum atomic E-state index is 13.9. The number of halogens is 3. The normalized spacial score (nSPS) is 11.4. The second-order valence-corrected chi connectivity index (χ2v) is 4.42. The van der Waals surface area contributed by atoms with E-state index in [1.165, 1.54) is 18.2 Å². The maximum Gasteiger partial charge on any atom is 0.429 e. The number of hydrogen-bond acceptors (Lipinski definition) is 1. The molecule has 0 N–H and O–H groups in total. The first-order valence-corrected chi connectivity index (χ1v) is 5.78. The molecule has 1 nitrogen and oxygen atoms in total. The fourth-order valence-electron chi connectivity index (χ4n) is 1.67. The molecule has 0 aromatic heterocycles. The van der Waals surface area contributed by atoms with E-state index < -0.39 is 17.5 Å². The molecule has 0 spiro atoms. The molecule has 0 amide bonds. The summed E-state index contributed by atoms with van der Waals surface area (Å²) in [5.41, 5.74) is 0.739. The van der Waals surface area contributed by atoms with E-state index in [9.17, 15) is 13.2 Å². The number of alkyl halides is 2. The molecule has 0 bridgehead atoms. The van der Waals surface area contributed by atoms with Gasteiger partial charge in [-0.3, -0.25) is 0 Å². The van der Waals surface area contributed by atoms with Gasteiger partial charge < -0.3 is 4.74 Å². The zero-order valence-electron chi connectivity index (χ0n) is 10.6. The Morgan fingerprint density at radius 3 is 2.05 bits per heavy atom. The number of rotatable bonds is 3. The molecule has 0 unspecified atom stereocenters. The first kappa shape index (κ1) is 13.5. The third kappa shape index (κ3) is 3.08. The van der Waals surface area contributed by atoms with E-state index in [1.54, 1.807) is 19.1 Å². The van der Waals surface area contributed by atoms with Crippen LogP contribution in [0, 0.1) is 19.7 Å². The Labute approximate surface area is 109 Å². The zero-order valence-corrected chi connectivity index (χ0v) is 10.6. The molecular weight excluding hydrogens is 253 g/mol. The highest BCUT2D eigenvalue weighted by atomic mass is 19.3. The second-order valence-electron chi connectivity index (χ2n) is 4.42. The largest absolute Gasteiger partial charge is 0.429 e. The monoisotopic (exact) mass is 266 g/mol. The van der Waals surface area contributed by atoms with Gasteiger partial charge in [0.15, 0.2) is 0 Å². The van der Waals surface area contributed by atoms with Crippen molar-refractivity contribution in [1.29, 1.82) is 0 Å². The van der Waals surface area contributed by atoms with E-state index >= 15 is 0 Å². The average molecular weight is 266 g/mol. The van der Waals surface area contributed by atoms with Crippen molar-refractivity contribution in [1.82, 2.24) is 0 Å². The minimum absolute atomic E-state index is 0.00410. The van der Waals surface area contributed by atoms with E-state index in [1.807, 2.05) is 6.92 Å². The third-order valence-corrected chi connectivity index (χ3v) is 2.71. The molecule has 0 aliphatic heterocycles. The molecule has 0 atom stereocenters. The van der Waals surface area contributed by atoms with Crippen LogP contribution < -0.4 is 4.74 Å². The molecule has 0 saturated carbocycles. The van der Waals surface area contributed by atoms with Crippen LogP contribution in [-0.4, -0.2) is 0 Å². The highest BCUT2D eigenvalue weighted by molar-refractivity contribution is 5.30. The Morgan fingerprint density at radius 2 is 1.47 bits per heavy atom. The molecule has 0 saturated heterocycles. The summed E-state index contributed by atoms with van der Waals surface area (Å²) < 4.78 is 45.9. The summed E-state index contributed by atoms with van der Waals surface area (Å²) in [7, 11) is 0. The lowest BCUT2D eigenvalue weighted by molar-refractivity contribution is -0.187. The van der Waals surface area contributed by atoms with Gasteiger partial charge in [0, 0.05) is 0 Å². The van der Waals surface area contributed by atoms with Gasteiger partial charge in [-0.25, -0.2) is 4.39 Å². The van der Waals surface area contributed by atoms with Crippen molar-refractivity contribution in [3.05, 3.63) is 65.0 Å². The van der Waals surface area contributed by atoms with Crippen molar-refractivity contribution in [2.24, 2.45) is 0 Å². The van der Waals surface area contributed by atoms with Gasteiger partial charge >= 0.3 is 6.11 Å². The van der Waals surface area contributed by atoms with E-state index in [4.69, 9.17) is 0 Å². The summed E-state index contributed by atoms with van der Waals surface area (Å²) in [6.07, 6.45) is -3.70. The Kier molecular flexibility index (Phi) is 3.51. The maximum absolute atomic E-state index is 13.9. The first-order valence-electron chi connectivity index (χ1n) is 5.78. The van der Waals surface area contributed by atoms with Crippen LogP contribution in [0.5, 0.6) is 5.75 Å². The number of benzene rings is 2. The van der Waals surface area contributed by atoms with E-state index in [-0.39, 0.29) is 5.75 Å². The number of aryl methyl sites for hydroxylation is 2. The minimum atomic E-state index is -3.70. The summed E-state index contributed by atoms with van der Waals surface area (Å²) in [6.45, 7) is 3.47. The van der Waals surface area contributed by atoms with Crippen LogP contribution in [0.1, 0.15) is 16.7 Å². The van der Waals surface area contributed by atoms with Crippen LogP contribution in [0.3, 0.4) is 0 Å². The van der Waals surface area contributed by atoms with E-state index in [2.05, 4.69) is 4.74 Å². The van der Waals surface area contributed by atoms with Crippen molar-refractivity contribution in [2.45, 2.75) is 20.0 Å². The van der Waals surface area contributed by atoms with Crippen LogP contribution in [0.15, 0.2) is 42.5 Å². The van der Waals surface area contributed by atoms with Gasteiger partial charge in [-0.15, -0.1) is 0 Å². The van der Waals surface area contributed by atoms with Crippen molar-refractivity contribution < 1.29 is 17.9 Å². The molecular formula is C15H13F3O. The number of ether oxygens (including phenoxy) is 1. The van der Waals surface area contributed by atoms with Gasteiger partial charge in [0.05, 0.1) is 5.56 Å². The van der Waals surface area contributed by atoms with Crippen molar-refractivity contribution in [3.63, 3.8) is 0 Å². The molecule has 2 rings (SSSR count). The summed E-state index contributed by atoms with van der Waals surface area (Å²) in [4.78, 5) is 0. The molecule has 2 aromatic rings. The molecule has 0 radical (unpaired) electrons. The summed E-state index contributed by atoms with van der Waals surface area (Å²) >= 11 is 0. The van der Waals surface area contributed by atoms with E-state index in [0.29, 0.717) is 5.56 Å². The third-order valence-electron chi connectivity index (χ3n) is 2.71. The lowest BCUT2D eigenvalue weighted by Gasteiger charge is -2.19. The number of hydrogen-bond donors (Lipinski definition) is 0. The van der Waals surface area contributed by atoms with Crippen LogP contribution in [-0.2, 0) is 6.11 Å². The fourth-order valence-corrected chi connectivity index (χ4v) is 1.67. The van der Waals surface area contributed by atoms with Crippen molar-refractivity contribution in [2.75, 3.05) is 0 Å². The second kappa shape index (κ2) is 4.96. The van der Waals surface area contributed by atoms with Gasteiger partial charge in [-0.05, 0) is 43.7 Å². The lowest BCUT2D eigenvalue weighted by atomic mass is 10.1. The SMILES string of the molecule is Cc1ccc(OC(F)(F)c2ccc(C)cc2F)cc1. The Bertz CT molecular complexity index is 576. The average Bonchev–Trinajstić information content (AvgIpc) is 2.31. The predicted octanol–water partition coefficient (Wildman–Crippen LogP) is 4.57. The summed E-state index contributed by atoms with van der Waals surface area (Å²) in [6, 6.07) is 9.67. The Morgan fingerprint density at radius 1 is 0.895 bits per heavy atom. The quantitative estimate of drug-likeness (QED) is 0.790. The van der Waals surface area contributed by atoms with Crippen LogP contribution in [0.25, 0.3) is 0 Å². The molecule has 100 valence electrons. The molecule has 0 heterocycles. The van der Waals surface area contributed by atoms with Gasteiger partial charge in [0.2, 0.25) is 0 Å². The summed E-state index contributed by atoms with van der Waals surface area (Å²) in [5, 5.41) is 0. The van der Waals surface area contributed by atoms with Gasteiger partial charge in [-0.1, -0.05) is 23.8 Å². The highest BCUT2D eigenvalue weighted by Crippen LogP contribution is 2.33. The summed E-state index contributed by atoms with van der Waals surface area (Å²) in [5.74, 6) is -0.979. The van der Waals surface area contributed by atoms with Crippen LogP contribution in [0.4, 0.5) is 13.2 Å². The van der Waals surface area contributed by atoms with Crippen molar-refractivity contribution in [3.8, 4) is 5.75 Å². The standard InChI is InChI=1S/C15H13F3O/c1-10-3-6-12(7-4-10)19-15(17,18)13-8-5-11(2)9-14(13)16/h3-9H,1-2H3. The van der Waals surface area contributed by atoms with Gasteiger partial charge in [0.1, 0.15) is 11.6 Å². The lowest BCUT2D eigenvalue weighted by Crippen LogP contribution is -2.23. The fraction of sp³-hybridized carbons (Fsp3) is 0.200. The van der Waals surface area contributed by atoms with Crippen molar-refractivity contribution >= 4 is 0 Å². The Hall–Kier alpha value is -1.97. The molecule has 0 fully saturated rings.